The van der Waals surface area contributed by atoms with Crippen molar-refractivity contribution in [3.8, 4) is 0 Å². The molecule has 1 atom stereocenters. The number of aliphatic imine (C=N–C) groups is 1. The molecule has 1 aliphatic rings. The van der Waals surface area contributed by atoms with Gasteiger partial charge in [0.1, 0.15) is 0 Å². The highest BCUT2D eigenvalue weighted by Crippen LogP contribution is 1.99. The first-order valence-electron chi connectivity index (χ1n) is 2.81. The molecule has 1 unspecified atom stereocenters. The molecule has 0 aliphatic carbocycles. The second kappa shape index (κ2) is 2.05. The zero-order chi connectivity index (χ0) is 6.85. The fourth-order valence-electron chi connectivity index (χ4n) is 0.778. The van der Waals surface area contributed by atoms with Crippen LogP contribution in [0.25, 0.3) is 0 Å². The molecule has 4 nitrogen and oxygen atoms in total. The van der Waals surface area contributed by atoms with E-state index in [0.29, 0.717) is 6.42 Å². The number of guanidine groups is 1. The van der Waals surface area contributed by atoms with Crippen molar-refractivity contribution in [3.63, 3.8) is 0 Å². The number of rotatable bonds is 0. The molecule has 50 valence electrons. The number of nitrogens with two attached hydrogens (primary N) is 1. The van der Waals surface area contributed by atoms with Crippen LogP contribution < -0.4 is 11.1 Å². The Labute approximate surface area is 53.1 Å². The second-order valence-electron chi connectivity index (χ2n) is 2.12. The number of hydrogen-bond acceptors (Lipinski definition) is 3. The Morgan fingerprint density at radius 3 is 3.00 bits per heavy atom. The van der Waals surface area contributed by atoms with E-state index in [2.05, 4.69) is 10.3 Å². The van der Waals surface area contributed by atoms with Crippen molar-refractivity contribution in [1.82, 2.24) is 5.32 Å². The van der Waals surface area contributed by atoms with Gasteiger partial charge in [0.15, 0.2) is 5.96 Å². The highest BCUT2D eigenvalue weighted by atomic mass is 16.1. The summed E-state index contributed by atoms with van der Waals surface area (Å²) in [5.41, 5.74) is 5.23. The minimum atomic E-state index is -0.0463. The van der Waals surface area contributed by atoms with Crippen LogP contribution in [0.1, 0.15) is 13.3 Å². The quantitative estimate of drug-likeness (QED) is 0.447. The lowest BCUT2D eigenvalue weighted by Gasteiger charge is -2.13. The third kappa shape index (κ3) is 1.42. The van der Waals surface area contributed by atoms with Gasteiger partial charge in [0, 0.05) is 6.42 Å². The van der Waals surface area contributed by atoms with E-state index in [1.165, 1.54) is 0 Å². The molecule has 0 saturated carbocycles. The molecule has 0 fully saturated rings. The maximum atomic E-state index is 10.6. The van der Waals surface area contributed by atoms with Crippen LogP contribution in [0.4, 0.5) is 0 Å². The molecule has 9 heavy (non-hydrogen) atoms. The molecule has 0 aromatic carbocycles. The van der Waals surface area contributed by atoms with Gasteiger partial charge in [-0.25, -0.2) is 4.99 Å². The highest BCUT2D eigenvalue weighted by molar-refractivity contribution is 5.98. The fraction of sp³-hybridized carbons (Fsp3) is 0.600. The van der Waals surface area contributed by atoms with E-state index in [9.17, 15) is 4.79 Å². The highest BCUT2D eigenvalue weighted by Gasteiger charge is 2.14. The van der Waals surface area contributed by atoms with Gasteiger partial charge in [-0.2, -0.15) is 0 Å². The van der Waals surface area contributed by atoms with Crippen LogP contribution in [0, 0.1) is 0 Å². The van der Waals surface area contributed by atoms with Crippen LogP contribution >= 0.6 is 0 Å². The molecular formula is C5H9N3O. The summed E-state index contributed by atoms with van der Waals surface area (Å²) >= 11 is 0. The Bertz CT molecular complexity index is 164. The van der Waals surface area contributed by atoms with Crippen LogP contribution in [0.2, 0.25) is 0 Å². The average molecular weight is 127 g/mol. The first-order chi connectivity index (χ1) is 4.18. The third-order valence-corrected chi connectivity index (χ3v) is 1.11. The van der Waals surface area contributed by atoms with Crippen molar-refractivity contribution in [3.05, 3.63) is 0 Å². The molecule has 0 aromatic heterocycles. The Morgan fingerprint density at radius 2 is 2.56 bits per heavy atom. The SMILES string of the molecule is CC1CC(=O)NC(N)=N1. The summed E-state index contributed by atoms with van der Waals surface area (Å²) in [7, 11) is 0. The number of carbonyl (C=O) groups is 1. The van der Waals surface area contributed by atoms with Crippen molar-refractivity contribution >= 4 is 11.9 Å². The van der Waals surface area contributed by atoms with E-state index >= 15 is 0 Å². The Balaban J connectivity index is 2.67. The predicted molar refractivity (Wildman–Crippen MR) is 33.8 cm³/mol. The number of nitrogens with one attached hydrogen (secondary N) is 1. The molecule has 4 heteroatoms. The van der Waals surface area contributed by atoms with Crippen molar-refractivity contribution < 1.29 is 4.79 Å². The lowest BCUT2D eigenvalue weighted by Crippen LogP contribution is -2.42. The van der Waals surface area contributed by atoms with E-state index < -0.39 is 0 Å². The Morgan fingerprint density at radius 1 is 1.89 bits per heavy atom. The van der Waals surface area contributed by atoms with E-state index in [0.717, 1.165) is 0 Å². The minimum absolute atomic E-state index is 0.0405. The van der Waals surface area contributed by atoms with Crippen LogP contribution in [0.5, 0.6) is 0 Å². The molecule has 0 bridgehead atoms. The second-order valence-corrected chi connectivity index (χ2v) is 2.12. The summed E-state index contributed by atoms with van der Waals surface area (Å²) in [5, 5.41) is 2.40. The molecular weight excluding hydrogens is 118 g/mol. The zero-order valence-electron chi connectivity index (χ0n) is 5.22. The maximum Gasteiger partial charge on any atom is 0.228 e. The molecule has 1 rings (SSSR count). The van der Waals surface area contributed by atoms with Gasteiger partial charge >= 0.3 is 0 Å². The third-order valence-electron chi connectivity index (χ3n) is 1.11. The largest absolute Gasteiger partial charge is 0.370 e. The zero-order valence-corrected chi connectivity index (χ0v) is 5.22. The predicted octanol–water partition coefficient (Wildman–Crippen LogP) is -0.790. The van der Waals surface area contributed by atoms with Gasteiger partial charge in [-0.05, 0) is 6.92 Å². The average Bonchev–Trinajstić information content (AvgIpc) is 1.59. The van der Waals surface area contributed by atoms with Crippen LogP contribution in [-0.4, -0.2) is 17.9 Å². The molecule has 0 radical (unpaired) electrons. The van der Waals surface area contributed by atoms with Gasteiger partial charge < -0.3 is 5.73 Å². The van der Waals surface area contributed by atoms with Crippen molar-refractivity contribution in [2.24, 2.45) is 10.7 Å². The molecule has 0 spiro atoms. The van der Waals surface area contributed by atoms with Gasteiger partial charge in [0.05, 0.1) is 6.04 Å². The summed E-state index contributed by atoms with van der Waals surface area (Å²) in [5.74, 6) is 0.189. The lowest BCUT2D eigenvalue weighted by atomic mass is 10.2. The normalized spacial score (nSPS) is 27.0. The lowest BCUT2D eigenvalue weighted by molar-refractivity contribution is -0.120. The summed E-state index contributed by atoms with van der Waals surface area (Å²) in [6.07, 6.45) is 0.445. The molecule has 0 saturated heterocycles. The molecule has 3 N–H and O–H groups in total. The summed E-state index contributed by atoms with van der Waals surface area (Å²) < 4.78 is 0. The summed E-state index contributed by atoms with van der Waals surface area (Å²) in [6.45, 7) is 1.85. The van der Waals surface area contributed by atoms with E-state index in [1.807, 2.05) is 6.92 Å². The van der Waals surface area contributed by atoms with Gasteiger partial charge in [0.25, 0.3) is 0 Å². The standard InChI is InChI=1S/C5H9N3O/c1-3-2-4(9)8-5(6)7-3/h3H,2H2,1H3,(H3,6,7,8,9). The van der Waals surface area contributed by atoms with Crippen LogP contribution in [-0.2, 0) is 4.79 Å². The minimum Gasteiger partial charge on any atom is -0.370 e. The van der Waals surface area contributed by atoms with Crippen molar-refractivity contribution in [2.75, 3.05) is 0 Å². The van der Waals surface area contributed by atoms with Gasteiger partial charge in [-0.1, -0.05) is 0 Å². The van der Waals surface area contributed by atoms with Crippen molar-refractivity contribution in [2.45, 2.75) is 19.4 Å². The van der Waals surface area contributed by atoms with Gasteiger partial charge in [0.2, 0.25) is 5.91 Å². The smallest absolute Gasteiger partial charge is 0.228 e. The number of amides is 1. The van der Waals surface area contributed by atoms with E-state index in [-0.39, 0.29) is 17.9 Å². The monoisotopic (exact) mass is 127 g/mol. The molecule has 1 aliphatic heterocycles. The van der Waals surface area contributed by atoms with Gasteiger partial charge in [-0.3, -0.25) is 10.1 Å². The first kappa shape index (κ1) is 6.07. The van der Waals surface area contributed by atoms with E-state index in [4.69, 9.17) is 5.73 Å². The van der Waals surface area contributed by atoms with Crippen LogP contribution in [0.15, 0.2) is 4.99 Å². The van der Waals surface area contributed by atoms with Crippen molar-refractivity contribution in [1.29, 1.82) is 0 Å². The number of hydrogen-bond donors (Lipinski definition) is 2. The molecule has 1 amide bonds. The number of nitrogens with zero attached hydrogens (tertiary/aromatic N) is 1. The first-order valence-corrected chi connectivity index (χ1v) is 2.81. The molecule has 0 aromatic rings. The van der Waals surface area contributed by atoms with E-state index in [1.54, 1.807) is 0 Å². The summed E-state index contributed by atoms with van der Waals surface area (Å²) in [6, 6.07) is 0.0405. The Kier molecular flexibility index (Phi) is 1.38. The fourth-order valence-corrected chi connectivity index (χ4v) is 0.778. The summed E-state index contributed by atoms with van der Waals surface area (Å²) in [4.78, 5) is 14.5. The Hall–Kier alpha value is -1.06. The topological polar surface area (TPSA) is 67.5 Å². The maximum absolute atomic E-state index is 10.6. The number of carbonyl (C=O) groups excluding carboxylic acids is 1. The van der Waals surface area contributed by atoms with Crippen LogP contribution in [0.3, 0.4) is 0 Å². The van der Waals surface area contributed by atoms with Gasteiger partial charge in [-0.15, -0.1) is 0 Å². The molecule has 1 heterocycles.